The number of aliphatic hydroxyl groups is 1. The van der Waals surface area contributed by atoms with E-state index in [-0.39, 0.29) is 24.0 Å². The Bertz CT molecular complexity index is 384. The van der Waals surface area contributed by atoms with Crippen molar-refractivity contribution in [2.45, 2.75) is 33.2 Å². The highest BCUT2D eigenvalue weighted by atomic mass is 79.9. The van der Waals surface area contributed by atoms with Crippen LogP contribution in [0, 0.1) is 5.41 Å². The minimum Gasteiger partial charge on any atom is -0.394 e. The number of hydrogen-bond acceptors (Lipinski definition) is 3. The standard InChI is InChI=1S/C12H18BrNO2S/c1-12(2,3)6-8(7-15)14-11(16)10-9(13)4-5-17-10/h4-5,8,15H,6-7H2,1-3H3,(H,14,16). The number of carbonyl (C=O) groups excluding carboxylic acids is 1. The van der Waals surface area contributed by atoms with Gasteiger partial charge in [-0.15, -0.1) is 11.3 Å². The Labute approximate surface area is 114 Å². The first-order valence-corrected chi connectivity index (χ1v) is 7.15. The van der Waals surface area contributed by atoms with Crippen molar-refractivity contribution in [1.82, 2.24) is 5.32 Å². The van der Waals surface area contributed by atoms with Gasteiger partial charge in [0.25, 0.3) is 5.91 Å². The maximum Gasteiger partial charge on any atom is 0.262 e. The van der Waals surface area contributed by atoms with Crippen LogP contribution in [0.1, 0.15) is 36.9 Å². The molecule has 5 heteroatoms. The van der Waals surface area contributed by atoms with Crippen molar-refractivity contribution in [3.05, 3.63) is 20.8 Å². The summed E-state index contributed by atoms with van der Waals surface area (Å²) < 4.78 is 0.799. The highest BCUT2D eigenvalue weighted by molar-refractivity contribution is 9.10. The molecule has 0 saturated carbocycles. The molecule has 0 aromatic carbocycles. The van der Waals surface area contributed by atoms with Crippen LogP contribution in [0.25, 0.3) is 0 Å². The van der Waals surface area contributed by atoms with Gasteiger partial charge in [-0.2, -0.15) is 0 Å². The number of thiophene rings is 1. The Hall–Kier alpha value is -0.390. The largest absolute Gasteiger partial charge is 0.394 e. The molecule has 1 aromatic rings. The summed E-state index contributed by atoms with van der Waals surface area (Å²) in [5, 5.41) is 14.0. The number of halogens is 1. The van der Waals surface area contributed by atoms with Gasteiger partial charge in [0.2, 0.25) is 0 Å². The molecule has 0 saturated heterocycles. The van der Waals surface area contributed by atoms with E-state index < -0.39 is 0 Å². The minimum absolute atomic E-state index is 0.0357. The lowest BCUT2D eigenvalue weighted by molar-refractivity contribution is 0.0901. The average Bonchev–Trinajstić information content (AvgIpc) is 2.61. The van der Waals surface area contributed by atoms with E-state index in [2.05, 4.69) is 42.0 Å². The van der Waals surface area contributed by atoms with E-state index in [9.17, 15) is 9.90 Å². The predicted octanol–water partition coefficient (Wildman–Crippen LogP) is 3.04. The van der Waals surface area contributed by atoms with Crippen LogP contribution in [0.15, 0.2) is 15.9 Å². The Morgan fingerprint density at radius 3 is 2.65 bits per heavy atom. The molecule has 1 amide bonds. The van der Waals surface area contributed by atoms with Gasteiger partial charge in [0.15, 0.2) is 0 Å². The second-order valence-electron chi connectivity index (χ2n) is 5.22. The lowest BCUT2D eigenvalue weighted by atomic mass is 9.88. The minimum atomic E-state index is -0.198. The van der Waals surface area contributed by atoms with Crippen molar-refractivity contribution < 1.29 is 9.90 Å². The molecule has 0 radical (unpaired) electrons. The van der Waals surface area contributed by atoms with Crippen LogP contribution in [0.3, 0.4) is 0 Å². The van der Waals surface area contributed by atoms with E-state index in [4.69, 9.17) is 0 Å². The lowest BCUT2D eigenvalue weighted by Crippen LogP contribution is -2.39. The number of nitrogens with one attached hydrogen (secondary N) is 1. The van der Waals surface area contributed by atoms with Crippen LogP contribution in [-0.2, 0) is 0 Å². The summed E-state index contributed by atoms with van der Waals surface area (Å²) in [7, 11) is 0. The molecule has 0 aliphatic rings. The monoisotopic (exact) mass is 319 g/mol. The molecule has 1 heterocycles. The fourth-order valence-corrected chi connectivity index (χ4v) is 3.06. The molecule has 2 N–H and O–H groups in total. The molecule has 17 heavy (non-hydrogen) atoms. The van der Waals surface area contributed by atoms with E-state index in [1.54, 1.807) is 0 Å². The van der Waals surface area contributed by atoms with Gasteiger partial charge in [-0.1, -0.05) is 20.8 Å². The first-order chi connectivity index (χ1) is 7.83. The van der Waals surface area contributed by atoms with Gasteiger partial charge in [-0.25, -0.2) is 0 Å². The van der Waals surface area contributed by atoms with Crippen LogP contribution >= 0.6 is 27.3 Å². The van der Waals surface area contributed by atoms with E-state index >= 15 is 0 Å². The lowest BCUT2D eigenvalue weighted by Gasteiger charge is -2.25. The molecule has 0 aliphatic heterocycles. The summed E-state index contributed by atoms with van der Waals surface area (Å²) in [6, 6.07) is 1.65. The number of hydrogen-bond donors (Lipinski definition) is 2. The van der Waals surface area contributed by atoms with Gasteiger partial charge in [0.1, 0.15) is 4.88 Å². The Balaban J connectivity index is 2.63. The second kappa shape index (κ2) is 5.98. The molecular formula is C12H18BrNO2S. The molecule has 0 spiro atoms. The van der Waals surface area contributed by atoms with Crippen LogP contribution in [0.4, 0.5) is 0 Å². The number of rotatable bonds is 4. The highest BCUT2D eigenvalue weighted by Crippen LogP contribution is 2.24. The predicted molar refractivity (Wildman–Crippen MR) is 74.4 cm³/mol. The smallest absolute Gasteiger partial charge is 0.262 e. The molecule has 3 nitrogen and oxygen atoms in total. The van der Waals surface area contributed by atoms with Gasteiger partial charge >= 0.3 is 0 Å². The molecule has 0 aliphatic carbocycles. The van der Waals surface area contributed by atoms with E-state index in [1.165, 1.54) is 11.3 Å². The number of carbonyl (C=O) groups is 1. The first kappa shape index (κ1) is 14.7. The third kappa shape index (κ3) is 4.77. The van der Waals surface area contributed by atoms with E-state index in [0.717, 1.165) is 10.9 Å². The zero-order valence-corrected chi connectivity index (χ0v) is 12.7. The zero-order chi connectivity index (χ0) is 13.1. The summed E-state index contributed by atoms with van der Waals surface area (Å²) in [5.41, 5.74) is 0.0767. The van der Waals surface area contributed by atoms with Crippen molar-refractivity contribution >= 4 is 33.2 Å². The summed E-state index contributed by atoms with van der Waals surface area (Å²) in [4.78, 5) is 12.6. The maximum absolute atomic E-state index is 11.9. The van der Waals surface area contributed by atoms with Crippen molar-refractivity contribution in [2.24, 2.45) is 5.41 Å². The molecule has 1 rings (SSSR count). The third-order valence-corrected chi connectivity index (χ3v) is 4.07. The van der Waals surface area contributed by atoms with Crippen LogP contribution < -0.4 is 5.32 Å². The SMILES string of the molecule is CC(C)(C)CC(CO)NC(=O)c1sccc1Br. The molecule has 1 aromatic heterocycles. The quantitative estimate of drug-likeness (QED) is 0.896. The average molecular weight is 320 g/mol. The first-order valence-electron chi connectivity index (χ1n) is 5.48. The number of amides is 1. The topological polar surface area (TPSA) is 49.3 Å². The van der Waals surface area contributed by atoms with Crippen molar-refractivity contribution in [3.63, 3.8) is 0 Å². The van der Waals surface area contributed by atoms with Crippen molar-refractivity contribution in [1.29, 1.82) is 0 Å². The second-order valence-corrected chi connectivity index (χ2v) is 6.99. The van der Waals surface area contributed by atoms with Crippen LogP contribution in [-0.4, -0.2) is 23.7 Å². The summed E-state index contributed by atoms with van der Waals surface area (Å²) >= 11 is 4.71. The van der Waals surface area contributed by atoms with Crippen molar-refractivity contribution in [2.75, 3.05) is 6.61 Å². The molecule has 1 unspecified atom stereocenters. The molecule has 96 valence electrons. The summed E-state index contributed by atoms with van der Waals surface area (Å²) in [6.07, 6.45) is 0.748. The normalized spacial score (nSPS) is 13.5. The van der Waals surface area contributed by atoms with Gasteiger partial charge in [-0.3, -0.25) is 4.79 Å². The fraction of sp³-hybridized carbons (Fsp3) is 0.583. The molecule has 1 atom stereocenters. The van der Waals surface area contributed by atoms with Gasteiger partial charge in [0, 0.05) is 4.47 Å². The Morgan fingerprint density at radius 1 is 1.59 bits per heavy atom. The highest BCUT2D eigenvalue weighted by Gasteiger charge is 2.21. The third-order valence-electron chi connectivity index (χ3n) is 2.24. The number of aliphatic hydroxyl groups excluding tert-OH is 1. The summed E-state index contributed by atoms with van der Waals surface area (Å²) in [5.74, 6) is -0.129. The van der Waals surface area contributed by atoms with Gasteiger partial charge < -0.3 is 10.4 Å². The Morgan fingerprint density at radius 2 is 2.24 bits per heavy atom. The maximum atomic E-state index is 11.9. The molecule has 0 bridgehead atoms. The molecular weight excluding hydrogens is 302 g/mol. The van der Waals surface area contributed by atoms with Gasteiger partial charge in [0.05, 0.1) is 12.6 Å². The molecule has 0 fully saturated rings. The van der Waals surface area contributed by atoms with Crippen LogP contribution in [0.2, 0.25) is 0 Å². The van der Waals surface area contributed by atoms with Crippen LogP contribution in [0.5, 0.6) is 0 Å². The Kier molecular flexibility index (Phi) is 5.16. The van der Waals surface area contributed by atoms with E-state index in [1.807, 2.05) is 11.4 Å². The van der Waals surface area contributed by atoms with Gasteiger partial charge in [-0.05, 0) is 39.2 Å². The summed E-state index contributed by atoms with van der Waals surface area (Å²) in [6.45, 7) is 6.22. The van der Waals surface area contributed by atoms with Crippen molar-refractivity contribution in [3.8, 4) is 0 Å². The fourth-order valence-electron chi connectivity index (χ4n) is 1.61. The zero-order valence-electron chi connectivity index (χ0n) is 10.3. The van der Waals surface area contributed by atoms with E-state index in [0.29, 0.717) is 4.88 Å².